The summed E-state index contributed by atoms with van der Waals surface area (Å²) in [6, 6.07) is 9.17. The molecule has 0 radical (unpaired) electrons. The molecule has 4 nitrogen and oxygen atoms in total. The maximum atomic E-state index is 6.07. The van der Waals surface area contributed by atoms with Gasteiger partial charge < -0.3 is 16.8 Å². The van der Waals surface area contributed by atoms with E-state index in [1.807, 2.05) is 25.1 Å². The predicted octanol–water partition coefficient (Wildman–Crippen LogP) is 2.95. The van der Waals surface area contributed by atoms with E-state index in [2.05, 4.69) is 10.3 Å². The van der Waals surface area contributed by atoms with Crippen LogP contribution < -0.4 is 16.8 Å². The minimum Gasteiger partial charge on any atom is -0.396 e. The molecular weight excluding hydrogens is 236 g/mol. The standard InChI is InChI=1S/C12H13ClN4/c1-7-2-3-8(13)10(6-7)16-11-5-4-9(14)12(15)17-11/h2-6H,14H2,1H3,(H3,15,16,17). The normalized spacial score (nSPS) is 10.2. The van der Waals surface area contributed by atoms with E-state index in [0.717, 1.165) is 11.3 Å². The quantitative estimate of drug-likeness (QED) is 0.764. The molecule has 1 aromatic heterocycles. The van der Waals surface area contributed by atoms with E-state index in [0.29, 0.717) is 22.3 Å². The molecule has 0 aliphatic heterocycles. The second-order valence-electron chi connectivity index (χ2n) is 3.78. The Balaban J connectivity index is 2.31. The number of halogens is 1. The van der Waals surface area contributed by atoms with Crippen molar-refractivity contribution >= 4 is 34.6 Å². The van der Waals surface area contributed by atoms with Crippen molar-refractivity contribution in [2.75, 3.05) is 16.8 Å². The number of hydrogen-bond acceptors (Lipinski definition) is 4. The van der Waals surface area contributed by atoms with Gasteiger partial charge in [0, 0.05) is 0 Å². The third-order valence-electron chi connectivity index (χ3n) is 2.34. The molecule has 88 valence electrons. The number of pyridine rings is 1. The summed E-state index contributed by atoms with van der Waals surface area (Å²) < 4.78 is 0. The second kappa shape index (κ2) is 4.51. The Labute approximate surface area is 105 Å². The Morgan fingerprint density at radius 1 is 1.18 bits per heavy atom. The van der Waals surface area contributed by atoms with E-state index in [9.17, 15) is 0 Å². The SMILES string of the molecule is Cc1ccc(Cl)c(Nc2ccc(N)c(N)n2)c1. The zero-order chi connectivity index (χ0) is 12.4. The highest BCUT2D eigenvalue weighted by atomic mass is 35.5. The number of anilines is 4. The molecule has 0 bridgehead atoms. The van der Waals surface area contributed by atoms with Crippen molar-refractivity contribution in [3.63, 3.8) is 0 Å². The first kappa shape index (κ1) is 11.5. The molecule has 0 unspecified atom stereocenters. The summed E-state index contributed by atoms with van der Waals surface area (Å²) in [6.45, 7) is 1.99. The fourth-order valence-electron chi connectivity index (χ4n) is 1.43. The predicted molar refractivity (Wildman–Crippen MR) is 72.5 cm³/mol. The van der Waals surface area contributed by atoms with Crippen molar-refractivity contribution in [3.05, 3.63) is 40.9 Å². The minimum absolute atomic E-state index is 0.304. The lowest BCUT2D eigenvalue weighted by molar-refractivity contribution is 1.31. The van der Waals surface area contributed by atoms with Crippen molar-refractivity contribution in [1.82, 2.24) is 4.98 Å². The Morgan fingerprint density at radius 3 is 2.65 bits per heavy atom. The Kier molecular flexibility index (Phi) is 3.06. The summed E-state index contributed by atoms with van der Waals surface area (Å²) in [5, 5.41) is 3.73. The second-order valence-corrected chi connectivity index (χ2v) is 4.19. The van der Waals surface area contributed by atoms with Crippen LogP contribution in [-0.2, 0) is 0 Å². The molecule has 0 saturated carbocycles. The van der Waals surface area contributed by atoms with Gasteiger partial charge in [-0.3, -0.25) is 0 Å². The molecule has 2 aromatic rings. The van der Waals surface area contributed by atoms with Crippen LogP contribution in [0.4, 0.5) is 23.0 Å². The van der Waals surface area contributed by atoms with Gasteiger partial charge in [-0.1, -0.05) is 17.7 Å². The van der Waals surface area contributed by atoms with Crippen LogP contribution in [-0.4, -0.2) is 4.98 Å². The van der Waals surface area contributed by atoms with Crippen LogP contribution in [0.25, 0.3) is 0 Å². The summed E-state index contributed by atoms with van der Waals surface area (Å²) >= 11 is 6.07. The van der Waals surface area contributed by atoms with Crippen LogP contribution in [0.15, 0.2) is 30.3 Å². The first-order valence-electron chi connectivity index (χ1n) is 5.11. The molecule has 1 aromatic carbocycles. The number of nitrogens with two attached hydrogens (primary N) is 2. The van der Waals surface area contributed by atoms with Crippen LogP contribution in [0.1, 0.15) is 5.56 Å². The number of rotatable bonds is 2. The molecular formula is C12H13ClN4. The van der Waals surface area contributed by atoms with Crippen molar-refractivity contribution in [3.8, 4) is 0 Å². The lowest BCUT2D eigenvalue weighted by atomic mass is 10.2. The summed E-state index contributed by atoms with van der Waals surface area (Å²) in [5.41, 5.74) is 13.6. The van der Waals surface area contributed by atoms with Gasteiger partial charge in [0.05, 0.1) is 16.4 Å². The van der Waals surface area contributed by atoms with Gasteiger partial charge in [0.2, 0.25) is 0 Å². The number of nitrogens with zero attached hydrogens (tertiary/aromatic N) is 1. The molecule has 5 heteroatoms. The van der Waals surface area contributed by atoms with Gasteiger partial charge in [0.15, 0.2) is 0 Å². The zero-order valence-corrected chi connectivity index (χ0v) is 10.1. The number of benzene rings is 1. The van der Waals surface area contributed by atoms with E-state index in [1.165, 1.54) is 0 Å². The lowest BCUT2D eigenvalue weighted by Gasteiger charge is -2.09. The molecule has 0 aliphatic rings. The number of nitrogen functional groups attached to an aromatic ring is 2. The molecule has 0 amide bonds. The summed E-state index contributed by atoms with van der Waals surface area (Å²) in [5.74, 6) is 0.919. The smallest absolute Gasteiger partial charge is 0.149 e. The first-order chi connectivity index (χ1) is 8.06. The number of hydrogen-bond donors (Lipinski definition) is 3. The number of aromatic nitrogens is 1. The van der Waals surface area contributed by atoms with Gasteiger partial charge in [-0.25, -0.2) is 4.98 Å². The highest BCUT2D eigenvalue weighted by Gasteiger charge is 2.03. The fraction of sp³-hybridized carbons (Fsp3) is 0.0833. The highest BCUT2D eigenvalue weighted by Crippen LogP contribution is 2.26. The molecule has 0 aliphatic carbocycles. The average molecular weight is 249 g/mol. The molecule has 0 spiro atoms. The first-order valence-corrected chi connectivity index (χ1v) is 5.49. The lowest BCUT2D eigenvalue weighted by Crippen LogP contribution is -2.01. The van der Waals surface area contributed by atoms with E-state index in [1.54, 1.807) is 12.1 Å². The van der Waals surface area contributed by atoms with Gasteiger partial charge in [-0.05, 0) is 36.8 Å². The summed E-state index contributed by atoms with van der Waals surface area (Å²) in [7, 11) is 0. The van der Waals surface area contributed by atoms with Crippen LogP contribution in [0, 0.1) is 6.92 Å². The number of aryl methyl sites for hydroxylation is 1. The largest absolute Gasteiger partial charge is 0.396 e. The van der Waals surface area contributed by atoms with E-state index < -0.39 is 0 Å². The van der Waals surface area contributed by atoms with Gasteiger partial charge >= 0.3 is 0 Å². The zero-order valence-electron chi connectivity index (χ0n) is 9.37. The fourth-order valence-corrected chi connectivity index (χ4v) is 1.59. The van der Waals surface area contributed by atoms with Gasteiger partial charge in [-0.2, -0.15) is 0 Å². The Hall–Kier alpha value is -1.94. The van der Waals surface area contributed by atoms with Crippen LogP contribution in [0.5, 0.6) is 0 Å². The molecule has 0 fully saturated rings. The average Bonchev–Trinajstić information content (AvgIpc) is 2.29. The van der Waals surface area contributed by atoms with Gasteiger partial charge in [-0.15, -0.1) is 0 Å². The van der Waals surface area contributed by atoms with Gasteiger partial charge in [0.25, 0.3) is 0 Å². The van der Waals surface area contributed by atoms with Crippen LogP contribution in [0.3, 0.4) is 0 Å². The Morgan fingerprint density at radius 2 is 1.94 bits per heavy atom. The minimum atomic E-state index is 0.304. The molecule has 0 atom stereocenters. The maximum absolute atomic E-state index is 6.07. The highest BCUT2D eigenvalue weighted by molar-refractivity contribution is 6.33. The molecule has 2 rings (SSSR count). The van der Waals surface area contributed by atoms with Crippen molar-refractivity contribution in [2.24, 2.45) is 0 Å². The summed E-state index contributed by atoms with van der Waals surface area (Å²) in [6.07, 6.45) is 0. The molecule has 5 N–H and O–H groups in total. The van der Waals surface area contributed by atoms with E-state index in [-0.39, 0.29) is 0 Å². The molecule has 17 heavy (non-hydrogen) atoms. The Bertz CT molecular complexity index is 554. The van der Waals surface area contributed by atoms with Crippen molar-refractivity contribution < 1.29 is 0 Å². The van der Waals surface area contributed by atoms with Crippen molar-refractivity contribution in [2.45, 2.75) is 6.92 Å². The van der Waals surface area contributed by atoms with E-state index in [4.69, 9.17) is 23.1 Å². The maximum Gasteiger partial charge on any atom is 0.149 e. The summed E-state index contributed by atoms with van der Waals surface area (Å²) in [4.78, 5) is 4.12. The monoisotopic (exact) mass is 248 g/mol. The van der Waals surface area contributed by atoms with Crippen molar-refractivity contribution in [1.29, 1.82) is 0 Å². The van der Waals surface area contributed by atoms with Crippen LogP contribution in [0.2, 0.25) is 5.02 Å². The molecule has 0 saturated heterocycles. The number of nitrogens with one attached hydrogen (secondary N) is 1. The molecule has 1 heterocycles. The van der Waals surface area contributed by atoms with Crippen LogP contribution >= 0.6 is 11.6 Å². The third-order valence-corrected chi connectivity index (χ3v) is 2.67. The third kappa shape index (κ3) is 2.60. The van der Waals surface area contributed by atoms with Gasteiger partial charge in [0.1, 0.15) is 11.6 Å². The topological polar surface area (TPSA) is 77.0 Å². The van der Waals surface area contributed by atoms with E-state index >= 15 is 0 Å².